The monoisotopic (exact) mass is 329 g/mol. The van der Waals surface area contributed by atoms with E-state index < -0.39 is 0 Å². The lowest BCUT2D eigenvalue weighted by Gasteiger charge is -2.12. The molecule has 0 atom stereocenters. The molecule has 0 aliphatic rings. The molecular formula is C15H15N5O2S. The first kappa shape index (κ1) is 16.7. The van der Waals surface area contributed by atoms with Gasteiger partial charge in [-0.15, -0.1) is 11.8 Å². The Morgan fingerprint density at radius 3 is 2.83 bits per heavy atom. The molecule has 2 N–H and O–H groups in total. The largest absolute Gasteiger partial charge is 0.339 e. The number of aryl methyl sites for hydroxylation is 1. The fourth-order valence-corrected chi connectivity index (χ4v) is 2.40. The fraction of sp³-hybridized carbons (Fsp3) is 0.200. The summed E-state index contributed by atoms with van der Waals surface area (Å²) in [6.45, 7) is 1.89. The minimum atomic E-state index is -0.358. The van der Waals surface area contributed by atoms with Crippen molar-refractivity contribution in [3.05, 3.63) is 41.2 Å². The van der Waals surface area contributed by atoms with Crippen molar-refractivity contribution in [1.29, 1.82) is 5.26 Å². The van der Waals surface area contributed by atoms with Gasteiger partial charge >= 0.3 is 0 Å². The van der Waals surface area contributed by atoms with Crippen molar-refractivity contribution >= 4 is 29.2 Å². The van der Waals surface area contributed by atoms with Crippen LogP contribution >= 0.6 is 11.8 Å². The van der Waals surface area contributed by atoms with Crippen molar-refractivity contribution in [2.75, 3.05) is 18.7 Å². The van der Waals surface area contributed by atoms with E-state index >= 15 is 0 Å². The van der Waals surface area contributed by atoms with Gasteiger partial charge in [0.25, 0.3) is 5.91 Å². The highest BCUT2D eigenvalue weighted by Gasteiger charge is 2.13. The molecule has 0 unspecified atom stereocenters. The Hall–Kier alpha value is -2.63. The van der Waals surface area contributed by atoms with E-state index in [1.807, 2.05) is 13.2 Å². The Morgan fingerprint density at radius 1 is 1.39 bits per heavy atom. The Morgan fingerprint density at radius 2 is 2.17 bits per heavy atom. The van der Waals surface area contributed by atoms with E-state index in [0.29, 0.717) is 27.7 Å². The van der Waals surface area contributed by atoms with E-state index in [1.54, 1.807) is 18.2 Å². The van der Waals surface area contributed by atoms with E-state index in [1.165, 1.54) is 25.2 Å². The molecule has 1 amide bonds. The number of benzene rings is 1. The van der Waals surface area contributed by atoms with Gasteiger partial charge in [0.15, 0.2) is 5.82 Å². The smallest absolute Gasteiger partial charge is 0.274 e. The third-order valence-electron chi connectivity index (χ3n) is 3.07. The van der Waals surface area contributed by atoms with Gasteiger partial charge in [0.2, 0.25) is 0 Å². The van der Waals surface area contributed by atoms with Crippen molar-refractivity contribution in [2.45, 2.75) is 11.9 Å². The van der Waals surface area contributed by atoms with Crippen LogP contribution in [-0.4, -0.2) is 29.2 Å². The second kappa shape index (κ2) is 7.58. The van der Waals surface area contributed by atoms with Crippen LogP contribution in [0.1, 0.15) is 21.5 Å². The molecule has 0 spiro atoms. The van der Waals surface area contributed by atoms with Crippen LogP contribution in [-0.2, 0) is 4.84 Å². The summed E-state index contributed by atoms with van der Waals surface area (Å²) in [5.74, 6) is 0.0443. The number of rotatable bonds is 5. The van der Waals surface area contributed by atoms with Gasteiger partial charge in [-0.05, 0) is 30.9 Å². The zero-order valence-electron chi connectivity index (χ0n) is 12.9. The van der Waals surface area contributed by atoms with Crippen LogP contribution in [0.3, 0.4) is 0 Å². The van der Waals surface area contributed by atoms with E-state index in [-0.39, 0.29) is 5.91 Å². The first-order valence-corrected chi connectivity index (χ1v) is 7.83. The first-order chi connectivity index (χ1) is 11.1. The molecule has 0 saturated carbocycles. The summed E-state index contributed by atoms with van der Waals surface area (Å²) >= 11 is 1.37. The second-order valence-corrected chi connectivity index (χ2v) is 5.30. The predicted molar refractivity (Wildman–Crippen MR) is 87.5 cm³/mol. The van der Waals surface area contributed by atoms with E-state index in [2.05, 4.69) is 31.7 Å². The molecule has 1 aromatic carbocycles. The molecule has 0 aliphatic carbocycles. The SMILES string of the molecule is CONC(=O)c1ccc(C)c(Nc2ncnc(SC)c2C#N)c1. The highest BCUT2D eigenvalue weighted by atomic mass is 32.2. The highest BCUT2D eigenvalue weighted by molar-refractivity contribution is 7.98. The molecule has 7 nitrogen and oxygen atoms in total. The average molecular weight is 329 g/mol. The van der Waals surface area contributed by atoms with Crippen LogP contribution < -0.4 is 10.8 Å². The summed E-state index contributed by atoms with van der Waals surface area (Å²) in [6.07, 6.45) is 3.24. The van der Waals surface area contributed by atoms with Gasteiger partial charge in [0.05, 0.1) is 7.11 Å². The maximum Gasteiger partial charge on any atom is 0.274 e. The maximum atomic E-state index is 11.8. The molecule has 1 heterocycles. The maximum absolute atomic E-state index is 11.8. The number of amides is 1. The van der Waals surface area contributed by atoms with Gasteiger partial charge in [0.1, 0.15) is 23.0 Å². The van der Waals surface area contributed by atoms with Crippen molar-refractivity contribution in [2.24, 2.45) is 0 Å². The van der Waals surface area contributed by atoms with Crippen LogP contribution in [0, 0.1) is 18.3 Å². The summed E-state index contributed by atoms with van der Waals surface area (Å²) < 4.78 is 0. The molecule has 23 heavy (non-hydrogen) atoms. The lowest BCUT2D eigenvalue weighted by Crippen LogP contribution is -2.21. The number of hydrogen-bond donors (Lipinski definition) is 2. The zero-order chi connectivity index (χ0) is 16.8. The van der Waals surface area contributed by atoms with Crippen molar-refractivity contribution in [3.63, 3.8) is 0 Å². The van der Waals surface area contributed by atoms with Crippen LogP contribution in [0.5, 0.6) is 0 Å². The van der Waals surface area contributed by atoms with Crippen LogP contribution in [0.2, 0.25) is 0 Å². The molecule has 0 saturated heterocycles. The number of carbonyl (C=O) groups excluding carboxylic acids is 1. The number of anilines is 2. The van der Waals surface area contributed by atoms with Gasteiger partial charge in [-0.3, -0.25) is 9.63 Å². The summed E-state index contributed by atoms with van der Waals surface area (Å²) in [5, 5.41) is 13.0. The topological polar surface area (TPSA) is 99.9 Å². The van der Waals surface area contributed by atoms with E-state index in [0.717, 1.165) is 5.56 Å². The van der Waals surface area contributed by atoms with Crippen molar-refractivity contribution < 1.29 is 9.63 Å². The first-order valence-electron chi connectivity index (χ1n) is 6.60. The number of aromatic nitrogens is 2. The average Bonchev–Trinajstić information content (AvgIpc) is 2.56. The molecule has 1 aromatic heterocycles. The number of thioether (sulfide) groups is 1. The van der Waals surface area contributed by atoms with Crippen molar-refractivity contribution in [3.8, 4) is 6.07 Å². The lowest BCUT2D eigenvalue weighted by atomic mass is 10.1. The molecule has 0 radical (unpaired) electrons. The third-order valence-corrected chi connectivity index (χ3v) is 3.76. The van der Waals surface area contributed by atoms with Gasteiger partial charge < -0.3 is 5.32 Å². The minimum absolute atomic E-state index is 0.358. The summed E-state index contributed by atoms with van der Waals surface area (Å²) in [7, 11) is 1.37. The Kier molecular flexibility index (Phi) is 5.51. The second-order valence-electron chi connectivity index (χ2n) is 4.51. The molecule has 0 aliphatic heterocycles. The van der Waals surface area contributed by atoms with E-state index in [9.17, 15) is 10.1 Å². The molecule has 2 rings (SSSR count). The molecule has 2 aromatic rings. The molecule has 8 heteroatoms. The van der Waals surface area contributed by atoms with Gasteiger partial charge in [-0.25, -0.2) is 15.4 Å². The van der Waals surface area contributed by atoms with E-state index in [4.69, 9.17) is 0 Å². The van der Waals surface area contributed by atoms with Gasteiger partial charge in [0, 0.05) is 11.3 Å². The molecular weight excluding hydrogens is 314 g/mol. The molecule has 0 bridgehead atoms. The number of carbonyl (C=O) groups is 1. The van der Waals surface area contributed by atoms with Gasteiger partial charge in [-0.2, -0.15) is 5.26 Å². The predicted octanol–water partition coefficient (Wildman–Crippen LogP) is 2.41. The number of hydroxylamine groups is 1. The summed E-state index contributed by atoms with van der Waals surface area (Å²) in [5.41, 5.74) is 4.65. The van der Waals surface area contributed by atoms with Gasteiger partial charge in [-0.1, -0.05) is 6.07 Å². The fourth-order valence-electron chi connectivity index (χ4n) is 1.90. The normalized spacial score (nSPS) is 10.0. The molecule has 118 valence electrons. The highest BCUT2D eigenvalue weighted by Crippen LogP contribution is 2.26. The number of nitriles is 1. The number of hydrogen-bond acceptors (Lipinski definition) is 7. The zero-order valence-corrected chi connectivity index (χ0v) is 13.7. The Balaban J connectivity index is 2.39. The Labute approximate surface area is 138 Å². The minimum Gasteiger partial charge on any atom is -0.339 e. The lowest BCUT2D eigenvalue weighted by molar-refractivity contribution is 0.0537. The number of nitrogens with zero attached hydrogens (tertiary/aromatic N) is 3. The van der Waals surface area contributed by atoms with Crippen LogP contribution in [0.15, 0.2) is 29.6 Å². The Bertz CT molecular complexity index is 773. The standard InChI is InChI=1S/C15H15N5O2S/c1-9-4-5-10(14(21)20-22-2)6-12(9)19-13-11(7-16)15(23-3)18-8-17-13/h4-6,8H,1-3H3,(H,20,21)(H,17,18,19). The quantitative estimate of drug-likeness (QED) is 0.493. The summed E-state index contributed by atoms with van der Waals surface area (Å²) in [6, 6.07) is 7.27. The van der Waals surface area contributed by atoms with Crippen LogP contribution in [0.25, 0.3) is 0 Å². The van der Waals surface area contributed by atoms with Crippen molar-refractivity contribution in [1.82, 2.24) is 15.4 Å². The number of nitrogens with one attached hydrogen (secondary N) is 2. The molecule has 0 fully saturated rings. The summed E-state index contributed by atoms with van der Waals surface area (Å²) in [4.78, 5) is 24.7. The third kappa shape index (κ3) is 3.77. The van der Waals surface area contributed by atoms with Crippen LogP contribution in [0.4, 0.5) is 11.5 Å².